The molecule has 0 radical (unpaired) electrons. The molecule has 5 rings (SSSR count). The summed E-state index contributed by atoms with van der Waals surface area (Å²) < 4.78 is 11.4. The van der Waals surface area contributed by atoms with Gasteiger partial charge in [0.1, 0.15) is 5.82 Å². The van der Waals surface area contributed by atoms with Crippen molar-refractivity contribution in [1.29, 1.82) is 0 Å². The highest BCUT2D eigenvalue weighted by molar-refractivity contribution is 5.85. The Balaban J connectivity index is 0.00000480. The summed E-state index contributed by atoms with van der Waals surface area (Å²) in [6.07, 6.45) is 7.95. The van der Waals surface area contributed by atoms with Crippen molar-refractivity contribution in [3.63, 3.8) is 0 Å². The van der Waals surface area contributed by atoms with E-state index in [9.17, 15) is 14.4 Å². The van der Waals surface area contributed by atoms with Gasteiger partial charge in [-0.05, 0) is 61.6 Å². The Bertz CT molecular complexity index is 1450. The van der Waals surface area contributed by atoms with E-state index in [2.05, 4.69) is 41.4 Å². The number of amides is 3. The summed E-state index contributed by atoms with van der Waals surface area (Å²) in [5, 5.41) is 19.5. The summed E-state index contributed by atoms with van der Waals surface area (Å²) in [5.41, 5.74) is 0.754. The number of methoxy groups -OCH3 is 1. The number of nitrogens with zero attached hydrogens (tertiary/aromatic N) is 3. The molecule has 3 aromatic rings. The Labute approximate surface area is 274 Å². The van der Waals surface area contributed by atoms with Crippen LogP contribution in [-0.2, 0) is 27.2 Å². The first-order valence-electron chi connectivity index (χ1n) is 15.6. The summed E-state index contributed by atoms with van der Waals surface area (Å²) in [6.45, 7) is 2.06. The van der Waals surface area contributed by atoms with Gasteiger partial charge >= 0.3 is 0 Å². The number of carbonyl (C=O) groups is 3. The summed E-state index contributed by atoms with van der Waals surface area (Å²) in [7, 11) is 1.54. The molecule has 3 heterocycles. The zero-order valence-corrected chi connectivity index (χ0v) is 26.9. The molecule has 1 aliphatic heterocycles. The van der Waals surface area contributed by atoms with Crippen LogP contribution < -0.4 is 30.7 Å². The third-order valence-corrected chi connectivity index (χ3v) is 8.09. The van der Waals surface area contributed by atoms with Gasteiger partial charge in [0, 0.05) is 57.0 Å². The van der Waals surface area contributed by atoms with Gasteiger partial charge in [-0.3, -0.25) is 24.5 Å². The smallest absolute Gasteiger partial charge is 0.257 e. The Morgan fingerprint density at radius 1 is 1.13 bits per heavy atom. The molecule has 3 amide bonds. The molecule has 2 aliphatic rings. The minimum absolute atomic E-state index is 0. The number of hydrogen-bond donors (Lipinski definition) is 5. The fourth-order valence-corrected chi connectivity index (χ4v) is 5.52. The zero-order valence-electron chi connectivity index (χ0n) is 26.1. The van der Waals surface area contributed by atoms with Crippen LogP contribution in [0.2, 0.25) is 0 Å². The van der Waals surface area contributed by atoms with Crippen molar-refractivity contribution >= 4 is 30.1 Å². The molecule has 14 heteroatoms. The molecule has 0 saturated heterocycles. The van der Waals surface area contributed by atoms with Gasteiger partial charge in [-0.1, -0.05) is 18.9 Å². The van der Waals surface area contributed by atoms with Crippen LogP contribution in [0.4, 0.5) is 0 Å². The fraction of sp³-hybridized carbons (Fsp3) is 0.500. The topological polar surface area (TPSA) is 172 Å². The largest absolute Gasteiger partial charge is 0.493 e. The second-order valence-electron chi connectivity index (χ2n) is 11.7. The first-order valence-corrected chi connectivity index (χ1v) is 15.6. The number of hydrogen-bond acceptors (Lipinski definition) is 9. The number of rotatable bonds is 8. The molecule has 2 bridgehead atoms. The van der Waals surface area contributed by atoms with Crippen LogP contribution in [-0.4, -0.2) is 84.3 Å². The summed E-state index contributed by atoms with van der Waals surface area (Å²) in [5.74, 6) is 2.05. The van der Waals surface area contributed by atoms with Crippen LogP contribution in [0.5, 0.6) is 11.5 Å². The Kier molecular flexibility index (Phi) is 12.7. The molecule has 13 nitrogen and oxygen atoms in total. The molecular formula is C32H43ClN8O5. The number of carbonyl (C=O) groups excluding carboxylic acids is 3. The maximum atomic E-state index is 14.2. The molecule has 1 saturated carbocycles. The van der Waals surface area contributed by atoms with E-state index in [0.29, 0.717) is 87.3 Å². The van der Waals surface area contributed by atoms with E-state index in [1.807, 2.05) is 24.3 Å². The second kappa shape index (κ2) is 16.9. The average Bonchev–Trinajstić information content (AvgIpc) is 3.74. The van der Waals surface area contributed by atoms with E-state index in [-0.39, 0.29) is 43.3 Å². The summed E-state index contributed by atoms with van der Waals surface area (Å²) >= 11 is 0. The molecule has 1 aromatic carbocycles. The number of nitrogens with one attached hydrogen (secondary N) is 5. The van der Waals surface area contributed by atoms with Gasteiger partial charge in [0.15, 0.2) is 23.9 Å². The molecular weight excluding hydrogens is 612 g/mol. The highest BCUT2D eigenvalue weighted by atomic mass is 35.5. The lowest BCUT2D eigenvalue weighted by molar-refractivity contribution is -0.132. The number of aromatic amines is 1. The quantitative estimate of drug-likeness (QED) is 0.244. The minimum atomic E-state index is -0.897. The third kappa shape index (κ3) is 9.88. The number of ether oxygens (including phenoxy) is 2. The van der Waals surface area contributed by atoms with Crippen molar-refractivity contribution < 1.29 is 23.9 Å². The second-order valence-corrected chi connectivity index (χ2v) is 11.7. The van der Waals surface area contributed by atoms with Crippen LogP contribution >= 0.6 is 12.4 Å². The molecule has 1 atom stereocenters. The Morgan fingerprint density at radius 2 is 2.00 bits per heavy atom. The maximum Gasteiger partial charge on any atom is 0.257 e. The third-order valence-electron chi connectivity index (χ3n) is 8.09. The van der Waals surface area contributed by atoms with Crippen LogP contribution in [0, 0.1) is 11.3 Å². The van der Waals surface area contributed by atoms with Crippen molar-refractivity contribution in [3.05, 3.63) is 54.1 Å². The number of halogens is 1. The van der Waals surface area contributed by atoms with Crippen molar-refractivity contribution in [2.45, 2.75) is 44.9 Å². The van der Waals surface area contributed by atoms with Gasteiger partial charge in [0.25, 0.3) is 5.91 Å². The molecule has 46 heavy (non-hydrogen) atoms. The van der Waals surface area contributed by atoms with Gasteiger partial charge in [-0.2, -0.15) is 5.10 Å². The van der Waals surface area contributed by atoms with E-state index in [4.69, 9.17) is 9.47 Å². The molecule has 248 valence electrons. The van der Waals surface area contributed by atoms with Gasteiger partial charge in [-0.15, -0.1) is 12.4 Å². The Hall–Kier alpha value is -4.23. The van der Waals surface area contributed by atoms with Crippen molar-refractivity contribution in [2.75, 3.05) is 46.4 Å². The first-order chi connectivity index (χ1) is 21.9. The van der Waals surface area contributed by atoms with E-state index in [1.54, 1.807) is 25.6 Å². The van der Waals surface area contributed by atoms with Gasteiger partial charge in [0.05, 0.1) is 12.5 Å². The van der Waals surface area contributed by atoms with Crippen molar-refractivity contribution in [1.82, 2.24) is 41.4 Å². The fourth-order valence-electron chi connectivity index (χ4n) is 5.52. The zero-order chi connectivity index (χ0) is 31.5. The molecule has 2 aromatic heterocycles. The highest BCUT2D eigenvalue weighted by Gasteiger charge is 2.43. The summed E-state index contributed by atoms with van der Waals surface area (Å²) in [4.78, 5) is 48.1. The molecule has 1 fully saturated rings. The molecule has 5 N–H and O–H groups in total. The number of benzene rings is 1. The maximum absolute atomic E-state index is 14.2. The van der Waals surface area contributed by atoms with Crippen LogP contribution in [0.3, 0.4) is 0 Å². The lowest BCUT2D eigenvalue weighted by Gasteiger charge is -2.33. The van der Waals surface area contributed by atoms with E-state index >= 15 is 0 Å². The van der Waals surface area contributed by atoms with E-state index in [0.717, 1.165) is 24.0 Å². The average molecular weight is 655 g/mol. The van der Waals surface area contributed by atoms with Crippen LogP contribution in [0.1, 0.15) is 43.5 Å². The number of fused-ring (bicyclic) bond motifs is 2. The molecule has 0 spiro atoms. The number of pyridine rings is 1. The highest BCUT2D eigenvalue weighted by Crippen LogP contribution is 2.43. The lowest BCUT2D eigenvalue weighted by Crippen LogP contribution is -2.50. The minimum Gasteiger partial charge on any atom is -0.493 e. The number of H-pyrrole nitrogens is 1. The molecule has 1 unspecified atom stereocenters. The standard InChI is InChI=1S/C32H42N8O5.ClH/c1-44-25-9-8-23-16-26(25)45-20-29(42)35-15-14-33-11-3-5-28(41)37-21-32(18-23,17-22-6-7-22)31(43)36-13-10-27-38-30(40-39-27)24-4-2-12-34-19-24;/h2,4,8-9,12,16,19,22,33H,3,5-7,10-11,13-15,17-18,20-21H2,1H3,(H,35,42)(H,36,43)(H,37,41)(H,38,39,40);1H. The van der Waals surface area contributed by atoms with Crippen LogP contribution in [0.15, 0.2) is 42.7 Å². The monoisotopic (exact) mass is 654 g/mol. The van der Waals surface area contributed by atoms with Crippen LogP contribution in [0.25, 0.3) is 11.4 Å². The van der Waals surface area contributed by atoms with Crippen molar-refractivity contribution in [3.8, 4) is 22.9 Å². The molecule has 1 aliphatic carbocycles. The van der Waals surface area contributed by atoms with Crippen molar-refractivity contribution in [2.24, 2.45) is 11.3 Å². The number of aromatic nitrogens is 4. The lowest BCUT2D eigenvalue weighted by atomic mass is 9.75. The SMILES string of the molecule is COc1ccc2cc1OCC(=O)NCCNCCCC(=O)NCC(CC1CC1)(C(=O)NCCc1nc(-c3cccnc3)n[nH]1)C2.Cl. The summed E-state index contributed by atoms with van der Waals surface area (Å²) in [6, 6.07) is 9.22. The predicted molar refractivity (Wildman–Crippen MR) is 174 cm³/mol. The predicted octanol–water partition coefficient (Wildman–Crippen LogP) is 1.98. The normalized spacial score (nSPS) is 19.7. The van der Waals surface area contributed by atoms with E-state index in [1.165, 1.54) is 0 Å². The Morgan fingerprint density at radius 3 is 2.78 bits per heavy atom. The van der Waals surface area contributed by atoms with Gasteiger partial charge < -0.3 is 30.7 Å². The van der Waals surface area contributed by atoms with E-state index < -0.39 is 5.41 Å². The first kappa shape index (κ1) is 34.6. The van der Waals surface area contributed by atoms with Gasteiger partial charge in [-0.25, -0.2) is 4.98 Å². The van der Waals surface area contributed by atoms with Gasteiger partial charge in [0.2, 0.25) is 11.8 Å².